The second-order valence-corrected chi connectivity index (χ2v) is 3.01. The number of hydrogen-bond acceptors (Lipinski definition) is 3. The zero-order valence-electron chi connectivity index (χ0n) is 6.93. The molecule has 2 atom stereocenters. The lowest BCUT2D eigenvalue weighted by Crippen LogP contribution is -2.27. The first kappa shape index (κ1) is 10.3. The van der Waals surface area contributed by atoms with Crippen LogP contribution < -0.4 is 4.74 Å². The SMILES string of the molecule is OC(Cl)C(O)COc1ccccc1. The second kappa shape index (κ2) is 5.07. The fourth-order valence-corrected chi connectivity index (χ4v) is 0.850. The van der Waals surface area contributed by atoms with E-state index in [-0.39, 0.29) is 6.61 Å². The Balaban J connectivity index is 2.35. The van der Waals surface area contributed by atoms with Crippen molar-refractivity contribution in [2.75, 3.05) is 6.61 Å². The van der Waals surface area contributed by atoms with Gasteiger partial charge in [-0.1, -0.05) is 29.8 Å². The van der Waals surface area contributed by atoms with Gasteiger partial charge in [-0.25, -0.2) is 0 Å². The molecule has 0 aromatic heterocycles. The highest BCUT2D eigenvalue weighted by Crippen LogP contribution is 2.09. The fourth-order valence-electron chi connectivity index (χ4n) is 0.778. The molecule has 0 heterocycles. The number of halogens is 1. The first-order chi connectivity index (χ1) is 6.20. The molecule has 0 amide bonds. The Kier molecular flexibility index (Phi) is 4.02. The maximum Gasteiger partial charge on any atom is 0.157 e. The minimum Gasteiger partial charge on any atom is -0.491 e. The minimum absolute atomic E-state index is 0.0192. The van der Waals surface area contributed by atoms with Crippen LogP contribution in [-0.2, 0) is 0 Å². The molecule has 0 fully saturated rings. The van der Waals surface area contributed by atoms with Gasteiger partial charge < -0.3 is 14.9 Å². The van der Waals surface area contributed by atoms with Gasteiger partial charge in [0.1, 0.15) is 18.5 Å². The third kappa shape index (κ3) is 3.63. The van der Waals surface area contributed by atoms with Crippen molar-refractivity contribution < 1.29 is 14.9 Å². The molecule has 1 aromatic rings. The van der Waals surface area contributed by atoms with E-state index < -0.39 is 11.7 Å². The molecule has 72 valence electrons. The van der Waals surface area contributed by atoms with Gasteiger partial charge in [0.05, 0.1) is 0 Å². The molecule has 0 radical (unpaired) electrons. The van der Waals surface area contributed by atoms with Crippen molar-refractivity contribution in [2.24, 2.45) is 0 Å². The fraction of sp³-hybridized carbons (Fsp3) is 0.333. The summed E-state index contributed by atoms with van der Waals surface area (Å²) in [5.74, 6) is 0.638. The van der Waals surface area contributed by atoms with Crippen LogP contribution in [0.25, 0.3) is 0 Å². The summed E-state index contributed by atoms with van der Waals surface area (Å²) in [5.41, 5.74) is -1.29. The van der Waals surface area contributed by atoms with Crippen LogP contribution in [0.15, 0.2) is 30.3 Å². The Labute approximate surface area is 81.5 Å². The summed E-state index contributed by atoms with van der Waals surface area (Å²) < 4.78 is 5.13. The highest BCUT2D eigenvalue weighted by molar-refractivity contribution is 6.19. The number of alkyl halides is 1. The van der Waals surface area contributed by atoms with Crippen LogP contribution >= 0.6 is 11.6 Å². The standard InChI is InChI=1S/C9H11ClO3/c10-9(12)8(11)6-13-7-4-2-1-3-5-7/h1-5,8-9,11-12H,6H2. The first-order valence-corrected chi connectivity index (χ1v) is 4.32. The minimum atomic E-state index is -1.29. The van der Waals surface area contributed by atoms with E-state index in [0.717, 1.165) is 0 Å². The highest BCUT2D eigenvalue weighted by atomic mass is 35.5. The van der Waals surface area contributed by atoms with E-state index in [4.69, 9.17) is 26.6 Å². The van der Waals surface area contributed by atoms with Crippen molar-refractivity contribution in [3.05, 3.63) is 30.3 Å². The molecular weight excluding hydrogens is 192 g/mol. The second-order valence-electron chi connectivity index (χ2n) is 2.56. The van der Waals surface area contributed by atoms with Gasteiger partial charge in [-0.05, 0) is 12.1 Å². The quantitative estimate of drug-likeness (QED) is 0.716. The molecule has 0 saturated carbocycles. The van der Waals surface area contributed by atoms with Gasteiger partial charge in [-0.3, -0.25) is 0 Å². The molecule has 0 aliphatic heterocycles. The predicted molar refractivity (Wildman–Crippen MR) is 49.8 cm³/mol. The smallest absolute Gasteiger partial charge is 0.157 e. The van der Waals surface area contributed by atoms with Crippen molar-refractivity contribution in [3.63, 3.8) is 0 Å². The number of para-hydroxylation sites is 1. The molecular formula is C9H11ClO3. The Bertz CT molecular complexity index is 238. The Hall–Kier alpha value is -0.770. The van der Waals surface area contributed by atoms with E-state index in [1.165, 1.54) is 0 Å². The molecule has 2 N–H and O–H groups in total. The number of rotatable bonds is 4. The van der Waals surface area contributed by atoms with Crippen molar-refractivity contribution in [1.82, 2.24) is 0 Å². The van der Waals surface area contributed by atoms with Gasteiger partial charge >= 0.3 is 0 Å². The summed E-state index contributed by atoms with van der Waals surface area (Å²) in [5, 5.41) is 17.8. The normalized spacial score (nSPS) is 15.0. The van der Waals surface area contributed by atoms with Crippen molar-refractivity contribution in [1.29, 1.82) is 0 Å². The zero-order chi connectivity index (χ0) is 9.68. The van der Waals surface area contributed by atoms with Crippen LogP contribution in [0.3, 0.4) is 0 Å². The average molecular weight is 203 g/mol. The van der Waals surface area contributed by atoms with Crippen molar-refractivity contribution in [2.45, 2.75) is 11.7 Å². The van der Waals surface area contributed by atoms with E-state index >= 15 is 0 Å². The van der Waals surface area contributed by atoms with Gasteiger partial charge in [0.25, 0.3) is 0 Å². The molecule has 4 heteroatoms. The monoisotopic (exact) mass is 202 g/mol. The van der Waals surface area contributed by atoms with Gasteiger partial charge in [0, 0.05) is 0 Å². The molecule has 0 aliphatic rings. The first-order valence-electron chi connectivity index (χ1n) is 3.88. The molecule has 1 aromatic carbocycles. The number of aliphatic hydroxyl groups excluding tert-OH is 2. The van der Waals surface area contributed by atoms with E-state index in [0.29, 0.717) is 5.75 Å². The summed E-state index contributed by atoms with van der Waals surface area (Å²) >= 11 is 5.22. The van der Waals surface area contributed by atoms with Crippen LogP contribution in [0.2, 0.25) is 0 Å². The van der Waals surface area contributed by atoms with Crippen LogP contribution in [0.1, 0.15) is 0 Å². The molecule has 0 spiro atoms. The van der Waals surface area contributed by atoms with Gasteiger partial charge in [0.2, 0.25) is 0 Å². The Morgan fingerprint density at radius 2 is 1.85 bits per heavy atom. The van der Waals surface area contributed by atoms with E-state index in [1.54, 1.807) is 12.1 Å². The van der Waals surface area contributed by atoms with E-state index in [9.17, 15) is 0 Å². The summed E-state index contributed by atoms with van der Waals surface area (Å²) in [4.78, 5) is 0. The molecule has 0 aliphatic carbocycles. The van der Waals surface area contributed by atoms with Crippen LogP contribution in [-0.4, -0.2) is 28.5 Å². The zero-order valence-corrected chi connectivity index (χ0v) is 7.69. The lowest BCUT2D eigenvalue weighted by molar-refractivity contribution is 0.0327. The number of hydrogen-bond donors (Lipinski definition) is 2. The molecule has 3 nitrogen and oxygen atoms in total. The number of ether oxygens (including phenoxy) is 1. The Morgan fingerprint density at radius 1 is 1.23 bits per heavy atom. The maximum atomic E-state index is 9.08. The third-order valence-electron chi connectivity index (χ3n) is 1.48. The van der Waals surface area contributed by atoms with Gasteiger partial charge in [-0.2, -0.15) is 0 Å². The van der Waals surface area contributed by atoms with Crippen molar-refractivity contribution in [3.8, 4) is 5.75 Å². The lowest BCUT2D eigenvalue weighted by Gasteiger charge is -2.12. The molecule has 2 unspecified atom stereocenters. The van der Waals surface area contributed by atoms with Crippen LogP contribution in [0, 0.1) is 0 Å². The average Bonchev–Trinajstić information content (AvgIpc) is 2.15. The van der Waals surface area contributed by atoms with Crippen LogP contribution in [0.5, 0.6) is 5.75 Å². The van der Waals surface area contributed by atoms with Gasteiger partial charge in [-0.15, -0.1) is 0 Å². The summed E-state index contributed by atoms with van der Waals surface area (Å²) in [7, 11) is 0. The van der Waals surface area contributed by atoms with Crippen molar-refractivity contribution >= 4 is 11.6 Å². The molecule has 1 rings (SSSR count). The number of aliphatic hydroxyl groups is 2. The van der Waals surface area contributed by atoms with E-state index in [1.807, 2.05) is 18.2 Å². The topological polar surface area (TPSA) is 49.7 Å². The largest absolute Gasteiger partial charge is 0.491 e. The van der Waals surface area contributed by atoms with Gasteiger partial charge in [0.15, 0.2) is 5.56 Å². The lowest BCUT2D eigenvalue weighted by atomic mass is 10.3. The summed E-state index contributed by atoms with van der Waals surface area (Å²) in [6.45, 7) is -0.0192. The number of benzene rings is 1. The van der Waals surface area contributed by atoms with Crippen LogP contribution in [0.4, 0.5) is 0 Å². The predicted octanol–water partition coefficient (Wildman–Crippen LogP) is 0.983. The van der Waals surface area contributed by atoms with E-state index in [2.05, 4.69) is 0 Å². The maximum absolute atomic E-state index is 9.08. The Morgan fingerprint density at radius 3 is 2.38 bits per heavy atom. The molecule has 13 heavy (non-hydrogen) atoms. The third-order valence-corrected chi connectivity index (χ3v) is 1.77. The molecule has 0 bridgehead atoms. The summed E-state index contributed by atoms with van der Waals surface area (Å²) in [6.07, 6.45) is -1.07. The summed E-state index contributed by atoms with van der Waals surface area (Å²) in [6, 6.07) is 9.01. The molecule has 0 saturated heterocycles. The highest BCUT2D eigenvalue weighted by Gasteiger charge is 2.13.